The second kappa shape index (κ2) is 5.59. The fraction of sp³-hybridized carbons (Fsp3) is 0.333. The van der Waals surface area contributed by atoms with Crippen LogP contribution in [0.1, 0.15) is 20.3 Å². The molecule has 0 aromatic heterocycles. The van der Waals surface area contributed by atoms with Gasteiger partial charge in [-0.25, -0.2) is 0 Å². The number of carbonyl (C=O) groups excluding carboxylic acids is 2. The number of aldehydes is 2. The van der Waals surface area contributed by atoms with E-state index in [4.69, 9.17) is 0 Å². The van der Waals surface area contributed by atoms with Crippen molar-refractivity contribution in [1.29, 1.82) is 0 Å². The molecule has 0 atom stereocenters. The zero-order valence-corrected chi connectivity index (χ0v) is 6.83. The molecule has 0 radical (unpaired) electrons. The van der Waals surface area contributed by atoms with Gasteiger partial charge in [-0.2, -0.15) is 0 Å². The smallest absolute Gasteiger partial charge is 0.143 e. The van der Waals surface area contributed by atoms with E-state index in [1.54, 1.807) is 0 Å². The van der Waals surface area contributed by atoms with Crippen LogP contribution in [0, 0.1) is 0 Å². The summed E-state index contributed by atoms with van der Waals surface area (Å²) in [4.78, 5) is 20.1. The molecule has 0 aliphatic heterocycles. The van der Waals surface area contributed by atoms with Gasteiger partial charge in [-0.15, -0.1) is 0 Å². The Hall–Kier alpha value is -1.18. The highest BCUT2D eigenvalue weighted by molar-refractivity contribution is 5.72. The van der Waals surface area contributed by atoms with E-state index in [0.29, 0.717) is 0 Å². The first-order valence-corrected chi connectivity index (χ1v) is 3.53. The molecule has 0 saturated carbocycles. The van der Waals surface area contributed by atoms with Gasteiger partial charge in [0.1, 0.15) is 12.6 Å². The molecule has 0 aliphatic rings. The number of allylic oxidation sites excluding steroid dienone is 4. The van der Waals surface area contributed by atoms with E-state index < -0.39 is 0 Å². The molecule has 0 spiro atoms. The van der Waals surface area contributed by atoms with Crippen molar-refractivity contribution in [1.82, 2.24) is 0 Å². The van der Waals surface area contributed by atoms with E-state index in [0.717, 1.165) is 30.1 Å². The van der Waals surface area contributed by atoms with Gasteiger partial charge in [0.2, 0.25) is 0 Å². The van der Waals surface area contributed by atoms with Crippen LogP contribution >= 0.6 is 0 Å². The lowest BCUT2D eigenvalue weighted by Gasteiger charge is -2.00. The third kappa shape index (κ3) is 3.50. The van der Waals surface area contributed by atoms with Crippen molar-refractivity contribution in [2.45, 2.75) is 20.3 Å². The Bertz CT molecular complexity index is 200. The minimum Gasteiger partial charge on any atom is -0.299 e. The molecule has 2 nitrogen and oxygen atoms in total. The van der Waals surface area contributed by atoms with Gasteiger partial charge in [-0.05, 0) is 36.6 Å². The Balaban J connectivity index is 4.49. The average molecular weight is 152 g/mol. The van der Waals surface area contributed by atoms with Crippen molar-refractivity contribution in [2.24, 2.45) is 0 Å². The zero-order chi connectivity index (χ0) is 8.69. The molecule has 0 aliphatic carbocycles. The molecule has 0 rings (SSSR count). The van der Waals surface area contributed by atoms with Gasteiger partial charge < -0.3 is 0 Å². The molecule has 2 heteroatoms. The number of rotatable bonds is 4. The Morgan fingerprint density at radius 2 is 1.73 bits per heavy atom. The second-order valence-corrected chi connectivity index (χ2v) is 2.17. The SMILES string of the molecule is CCC(=CC=O)C(C)=CC=O. The van der Waals surface area contributed by atoms with Crippen LogP contribution in [0.3, 0.4) is 0 Å². The van der Waals surface area contributed by atoms with E-state index in [9.17, 15) is 9.59 Å². The van der Waals surface area contributed by atoms with E-state index in [-0.39, 0.29) is 0 Å². The van der Waals surface area contributed by atoms with Crippen molar-refractivity contribution < 1.29 is 9.59 Å². The van der Waals surface area contributed by atoms with Crippen molar-refractivity contribution in [2.75, 3.05) is 0 Å². The summed E-state index contributed by atoms with van der Waals surface area (Å²) < 4.78 is 0. The molecule has 0 unspecified atom stereocenters. The molecule has 0 amide bonds. The average Bonchev–Trinajstić information content (AvgIpc) is 2.00. The molecule has 60 valence electrons. The van der Waals surface area contributed by atoms with Crippen LogP contribution < -0.4 is 0 Å². The van der Waals surface area contributed by atoms with Crippen LogP contribution in [0.2, 0.25) is 0 Å². The van der Waals surface area contributed by atoms with Crippen molar-refractivity contribution in [3.05, 3.63) is 23.3 Å². The van der Waals surface area contributed by atoms with Crippen LogP contribution in [-0.4, -0.2) is 12.6 Å². The summed E-state index contributed by atoms with van der Waals surface area (Å²) in [5.74, 6) is 0. The highest BCUT2D eigenvalue weighted by atomic mass is 16.1. The maximum Gasteiger partial charge on any atom is 0.143 e. The fourth-order valence-electron chi connectivity index (χ4n) is 0.819. The summed E-state index contributed by atoms with van der Waals surface area (Å²) in [5.41, 5.74) is 1.77. The van der Waals surface area contributed by atoms with Gasteiger partial charge in [0.15, 0.2) is 0 Å². The highest BCUT2D eigenvalue weighted by Crippen LogP contribution is 2.10. The predicted molar refractivity (Wildman–Crippen MR) is 44.3 cm³/mol. The second-order valence-electron chi connectivity index (χ2n) is 2.17. The van der Waals surface area contributed by atoms with Crippen LogP contribution in [0.4, 0.5) is 0 Å². The normalized spacial score (nSPS) is 12.9. The Kier molecular flexibility index (Phi) is 4.99. The standard InChI is InChI=1S/C9H12O2/c1-3-9(5-7-11)8(2)4-6-10/h4-7H,3H2,1-2H3. The lowest BCUT2D eigenvalue weighted by atomic mass is 10.1. The van der Waals surface area contributed by atoms with E-state index >= 15 is 0 Å². The monoisotopic (exact) mass is 152 g/mol. The van der Waals surface area contributed by atoms with Crippen LogP contribution in [-0.2, 0) is 9.59 Å². The van der Waals surface area contributed by atoms with Gasteiger partial charge in [-0.1, -0.05) is 6.92 Å². The van der Waals surface area contributed by atoms with Gasteiger partial charge in [0.05, 0.1) is 0 Å². The first-order chi connectivity index (χ1) is 5.26. The summed E-state index contributed by atoms with van der Waals surface area (Å²) in [5, 5.41) is 0. The molecule has 0 aromatic rings. The maximum atomic E-state index is 10.1. The van der Waals surface area contributed by atoms with E-state index in [1.807, 2.05) is 13.8 Å². The van der Waals surface area contributed by atoms with Crippen molar-refractivity contribution >= 4 is 12.6 Å². The molecular weight excluding hydrogens is 140 g/mol. The summed E-state index contributed by atoms with van der Waals surface area (Å²) >= 11 is 0. The molecule has 11 heavy (non-hydrogen) atoms. The Labute approximate surface area is 66.6 Å². The molecule has 0 aromatic carbocycles. The Morgan fingerprint density at radius 1 is 1.18 bits per heavy atom. The first kappa shape index (κ1) is 9.82. The molecule has 0 saturated heterocycles. The number of carbonyl (C=O) groups is 2. The molecule has 0 bridgehead atoms. The molecular formula is C9H12O2. The third-order valence-electron chi connectivity index (χ3n) is 1.47. The summed E-state index contributed by atoms with van der Waals surface area (Å²) in [6.07, 6.45) is 5.17. The van der Waals surface area contributed by atoms with Crippen LogP contribution in [0.15, 0.2) is 23.3 Å². The predicted octanol–water partition coefficient (Wildman–Crippen LogP) is 1.67. The minimum atomic E-state index is 0.726. The topological polar surface area (TPSA) is 34.1 Å². The van der Waals surface area contributed by atoms with Gasteiger partial charge >= 0.3 is 0 Å². The number of hydrogen-bond donors (Lipinski definition) is 0. The van der Waals surface area contributed by atoms with Crippen LogP contribution in [0.25, 0.3) is 0 Å². The van der Waals surface area contributed by atoms with Crippen LogP contribution in [0.5, 0.6) is 0 Å². The third-order valence-corrected chi connectivity index (χ3v) is 1.47. The highest BCUT2D eigenvalue weighted by Gasteiger charge is 1.94. The summed E-state index contributed by atoms with van der Waals surface area (Å²) in [6.45, 7) is 3.75. The largest absolute Gasteiger partial charge is 0.299 e. The Morgan fingerprint density at radius 3 is 2.09 bits per heavy atom. The summed E-state index contributed by atoms with van der Waals surface area (Å²) in [6, 6.07) is 0. The van der Waals surface area contributed by atoms with Crippen molar-refractivity contribution in [3.63, 3.8) is 0 Å². The first-order valence-electron chi connectivity index (χ1n) is 3.53. The number of hydrogen-bond acceptors (Lipinski definition) is 2. The summed E-state index contributed by atoms with van der Waals surface area (Å²) in [7, 11) is 0. The minimum absolute atomic E-state index is 0.726. The van der Waals surface area contributed by atoms with E-state index in [2.05, 4.69) is 0 Å². The van der Waals surface area contributed by atoms with Gasteiger partial charge in [0, 0.05) is 0 Å². The van der Waals surface area contributed by atoms with Gasteiger partial charge in [0.25, 0.3) is 0 Å². The van der Waals surface area contributed by atoms with Gasteiger partial charge in [-0.3, -0.25) is 9.59 Å². The van der Waals surface area contributed by atoms with Crippen molar-refractivity contribution in [3.8, 4) is 0 Å². The molecule has 0 fully saturated rings. The lowest BCUT2D eigenvalue weighted by molar-refractivity contribution is -0.105. The fourth-order valence-corrected chi connectivity index (χ4v) is 0.819. The zero-order valence-electron chi connectivity index (χ0n) is 6.83. The molecule has 0 heterocycles. The molecule has 0 N–H and O–H groups in total. The maximum absolute atomic E-state index is 10.1. The van der Waals surface area contributed by atoms with E-state index in [1.165, 1.54) is 12.2 Å². The quantitative estimate of drug-likeness (QED) is 0.349. The lowest BCUT2D eigenvalue weighted by Crippen LogP contribution is -1.85.